The molecular weight excluding hydrogens is 246 g/mol. The van der Waals surface area contributed by atoms with Crippen molar-refractivity contribution < 1.29 is 4.74 Å². The predicted molar refractivity (Wildman–Crippen MR) is 85.1 cm³/mol. The number of fused-ring (bicyclic) bond motifs is 3. The lowest BCUT2D eigenvalue weighted by Crippen LogP contribution is -2.53. The first-order valence-corrected chi connectivity index (χ1v) is 8.08. The van der Waals surface area contributed by atoms with Crippen molar-refractivity contribution in [2.75, 3.05) is 6.61 Å². The van der Waals surface area contributed by atoms with Gasteiger partial charge in [0.2, 0.25) is 0 Å². The summed E-state index contributed by atoms with van der Waals surface area (Å²) in [5.74, 6) is 1.00. The van der Waals surface area contributed by atoms with E-state index in [-0.39, 0.29) is 5.54 Å². The molecule has 3 aliphatic carbocycles. The second-order valence-corrected chi connectivity index (χ2v) is 6.46. The van der Waals surface area contributed by atoms with Crippen LogP contribution in [0.15, 0.2) is 24.3 Å². The van der Waals surface area contributed by atoms with Crippen LogP contribution in [-0.2, 0) is 0 Å². The molecule has 4 rings (SSSR count). The maximum absolute atomic E-state index is 6.34. The van der Waals surface area contributed by atoms with E-state index >= 15 is 0 Å². The molecule has 0 aliphatic heterocycles. The van der Waals surface area contributed by atoms with E-state index in [0.717, 1.165) is 12.4 Å². The van der Waals surface area contributed by atoms with E-state index in [0.29, 0.717) is 5.41 Å². The SMILES string of the molecule is CC.Cc1ccc(OCC23CCC(N)(CC2)CC3)cc1. The number of ether oxygens (including phenoxy) is 1. The van der Waals surface area contributed by atoms with E-state index < -0.39 is 0 Å². The standard InChI is InChI=1S/C16H23NO.C2H6/c1-13-2-4-14(5-3-13)18-12-15-6-9-16(17,10-7-15)11-8-15;1-2/h2-5H,6-12,17H2,1H3;1-2H3. The lowest BCUT2D eigenvalue weighted by molar-refractivity contribution is 0.00532. The van der Waals surface area contributed by atoms with Crippen LogP contribution in [0.25, 0.3) is 0 Å². The zero-order chi connectivity index (χ0) is 14.6. The van der Waals surface area contributed by atoms with Crippen LogP contribution in [0.5, 0.6) is 5.75 Å². The topological polar surface area (TPSA) is 35.2 Å². The van der Waals surface area contributed by atoms with Gasteiger partial charge in [-0.1, -0.05) is 31.5 Å². The van der Waals surface area contributed by atoms with Crippen molar-refractivity contribution in [2.24, 2.45) is 11.1 Å². The van der Waals surface area contributed by atoms with Gasteiger partial charge < -0.3 is 10.5 Å². The van der Waals surface area contributed by atoms with Gasteiger partial charge in [0.05, 0.1) is 6.61 Å². The fourth-order valence-corrected chi connectivity index (χ4v) is 3.38. The highest BCUT2D eigenvalue weighted by Gasteiger charge is 2.46. The molecule has 2 bridgehead atoms. The van der Waals surface area contributed by atoms with Gasteiger partial charge >= 0.3 is 0 Å². The van der Waals surface area contributed by atoms with Crippen molar-refractivity contribution in [3.63, 3.8) is 0 Å². The third kappa shape index (κ3) is 3.35. The molecular formula is C18H29NO. The zero-order valence-electron chi connectivity index (χ0n) is 13.2. The maximum atomic E-state index is 6.34. The molecule has 0 amide bonds. The summed E-state index contributed by atoms with van der Waals surface area (Å²) in [6.45, 7) is 6.97. The van der Waals surface area contributed by atoms with Crippen LogP contribution < -0.4 is 10.5 Å². The van der Waals surface area contributed by atoms with Crippen molar-refractivity contribution in [1.82, 2.24) is 0 Å². The number of benzene rings is 1. The Morgan fingerprint density at radius 2 is 1.45 bits per heavy atom. The summed E-state index contributed by atoms with van der Waals surface area (Å²) in [5.41, 5.74) is 8.19. The summed E-state index contributed by atoms with van der Waals surface area (Å²) in [6, 6.07) is 8.37. The van der Waals surface area contributed by atoms with Crippen molar-refractivity contribution in [3.05, 3.63) is 29.8 Å². The van der Waals surface area contributed by atoms with Crippen molar-refractivity contribution in [3.8, 4) is 5.75 Å². The first-order valence-electron chi connectivity index (χ1n) is 8.08. The van der Waals surface area contributed by atoms with Crippen LogP contribution in [-0.4, -0.2) is 12.1 Å². The second-order valence-electron chi connectivity index (χ2n) is 6.46. The molecule has 3 saturated carbocycles. The molecule has 0 aromatic heterocycles. The summed E-state index contributed by atoms with van der Waals surface area (Å²) in [6.07, 6.45) is 7.29. The minimum Gasteiger partial charge on any atom is -0.493 e. The molecule has 2 N–H and O–H groups in total. The third-order valence-electron chi connectivity index (χ3n) is 5.03. The highest BCUT2D eigenvalue weighted by molar-refractivity contribution is 5.26. The number of hydrogen-bond donors (Lipinski definition) is 1. The van der Waals surface area contributed by atoms with Crippen LogP contribution in [0.3, 0.4) is 0 Å². The number of hydrogen-bond acceptors (Lipinski definition) is 2. The number of rotatable bonds is 3. The molecule has 3 fully saturated rings. The normalized spacial score (nSPS) is 31.4. The van der Waals surface area contributed by atoms with E-state index in [4.69, 9.17) is 10.5 Å². The first kappa shape index (κ1) is 15.4. The molecule has 112 valence electrons. The number of aryl methyl sites for hydroxylation is 1. The molecule has 1 aromatic carbocycles. The van der Waals surface area contributed by atoms with Gasteiger partial charge in [0.15, 0.2) is 0 Å². The van der Waals surface area contributed by atoms with Gasteiger partial charge in [-0.3, -0.25) is 0 Å². The third-order valence-corrected chi connectivity index (χ3v) is 5.03. The fourth-order valence-electron chi connectivity index (χ4n) is 3.38. The van der Waals surface area contributed by atoms with Gasteiger partial charge in [0, 0.05) is 11.0 Å². The lowest BCUT2D eigenvalue weighted by Gasteiger charge is -2.51. The van der Waals surface area contributed by atoms with Gasteiger partial charge in [0.1, 0.15) is 5.75 Å². The van der Waals surface area contributed by atoms with Crippen LogP contribution in [0, 0.1) is 12.3 Å². The minimum absolute atomic E-state index is 0.158. The highest BCUT2D eigenvalue weighted by atomic mass is 16.5. The Balaban J connectivity index is 0.000000704. The Morgan fingerprint density at radius 1 is 0.950 bits per heavy atom. The Bertz CT molecular complexity index is 399. The van der Waals surface area contributed by atoms with Crippen molar-refractivity contribution >= 4 is 0 Å². The Kier molecular flexibility index (Phi) is 4.74. The summed E-state index contributed by atoms with van der Waals surface area (Å²) in [5, 5.41) is 0. The Labute approximate surface area is 123 Å². The minimum atomic E-state index is 0.158. The van der Waals surface area contributed by atoms with E-state index in [1.165, 1.54) is 44.1 Å². The van der Waals surface area contributed by atoms with Gasteiger partial charge in [-0.05, 0) is 57.6 Å². The maximum Gasteiger partial charge on any atom is 0.119 e. The quantitative estimate of drug-likeness (QED) is 0.884. The van der Waals surface area contributed by atoms with Crippen LogP contribution in [0.2, 0.25) is 0 Å². The fraction of sp³-hybridized carbons (Fsp3) is 0.667. The molecule has 2 heteroatoms. The second kappa shape index (κ2) is 6.17. The smallest absolute Gasteiger partial charge is 0.119 e. The van der Waals surface area contributed by atoms with E-state index in [2.05, 4.69) is 31.2 Å². The molecule has 0 saturated heterocycles. The van der Waals surface area contributed by atoms with E-state index in [1.54, 1.807) is 0 Å². The summed E-state index contributed by atoms with van der Waals surface area (Å²) in [4.78, 5) is 0. The molecule has 1 aromatic rings. The Hall–Kier alpha value is -1.02. The summed E-state index contributed by atoms with van der Waals surface area (Å²) >= 11 is 0. The van der Waals surface area contributed by atoms with Gasteiger partial charge in [-0.2, -0.15) is 0 Å². The van der Waals surface area contributed by atoms with Crippen LogP contribution >= 0.6 is 0 Å². The molecule has 0 unspecified atom stereocenters. The zero-order valence-corrected chi connectivity index (χ0v) is 13.2. The van der Waals surface area contributed by atoms with Gasteiger partial charge in [-0.15, -0.1) is 0 Å². The molecule has 0 spiro atoms. The van der Waals surface area contributed by atoms with Gasteiger partial charge in [0.25, 0.3) is 0 Å². The molecule has 3 aliphatic rings. The molecule has 0 radical (unpaired) electrons. The van der Waals surface area contributed by atoms with Gasteiger partial charge in [-0.25, -0.2) is 0 Å². The largest absolute Gasteiger partial charge is 0.493 e. The lowest BCUT2D eigenvalue weighted by atomic mass is 9.58. The van der Waals surface area contributed by atoms with Crippen LogP contribution in [0.4, 0.5) is 0 Å². The predicted octanol–water partition coefficient (Wildman–Crippen LogP) is 4.45. The van der Waals surface area contributed by atoms with E-state index in [9.17, 15) is 0 Å². The molecule has 2 nitrogen and oxygen atoms in total. The van der Waals surface area contributed by atoms with Crippen molar-refractivity contribution in [2.45, 2.75) is 64.8 Å². The first-order chi connectivity index (χ1) is 9.59. The van der Waals surface area contributed by atoms with Crippen LogP contribution in [0.1, 0.15) is 57.9 Å². The highest BCUT2D eigenvalue weighted by Crippen LogP contribution is 2.51. The Morgan fingerprint density at radius 3 is 1.95 bits per heavy atom. The summed E-state index contributed by atoms with van der Waals surface area (Å²) in [7, 11) is 0. The average molecular weight is 275 g/mol. The monoisotopic (exact) mass is 275 g/mol. The van der Waals surface area contributed by atoms with E-state index in [1.807, 2.05) is 13.8 Å². The molecule has 0 atom stereocenters. The molecule has 20 heavy (non-hydrogen) atoms. The summed E-state index contributed by atoms with van der Waals surface area (Å²) < 4.78 is 6.01. The average Bonchev–Trinajstić information content (AvgIpc) is 2.50. The number of nitrogens with two attached hydrogens (primary N) is 1. The molecule has 0 heterocycles. The van der Waals surface area contributed by atoms with Crippen molar-refractivity contribution in [1.29, 1.82) is 0 Å².